The average molecular weight is 253 g/mol. The SMILES string of the molecule is CCN(C)c1cc(Br)c(C#N)cc1C. The van der Waals surface area contributed by atoms with E-state index >= 15 is 0 Å². The second-order valence-electron chi connectivity index (χ2n) is 3.24. The fraction of sp³-hybridized carbons (Fsp3) is 0.364. The molecule has 1 aromatic rings. The van der Waals surface area contributed by atoms with Crippen LogP contribution in [-0.4, -0.2) is 13.6 Å². The monoisotopic (exact) mass is 252 g/mol. The third-order valence-electron chi connectivity index (χ3n) is 2.29. The smallest absolute Gasteiger partial charge is 0.100 e. The van der Waals surface area contributed by atoms with E-state index in [0.717, 1.165) is 16.6 Å². The van der Waals surface area contributed by atoms with E-state index in [2.05, 4.69) is 33.8 Å². The highest BCUT2D eigenvalue weighted by Crippen LogP contribution is 2.26. The van der Waals surface area contributed by atoms with Crippen molar-refractivity contribution < 1.29 is 0 Å². The van der Waals surface area contributed by atoms with Gasteiger partial charge in [-0.2, -0.15) is 5.26 Å². The van der Waals surface area contributed by atoms with Gasteiger partial charge in [0.05, 0.1) is 5.56 Å². The zero-order valence-electron chi connectivity index (χ0n) is 8.63. The number of halogens is 1. The van der Waals surface area contributed by atoms with Gasteiger partial charge in [-0.15, -0.1) is 0 Å². The van der Waals surface area contributed by atoms with Crippen molar-refractivity contribution in [2.75, 3.05) is 18.5 Å². The van der Waals surface area contributed by atoms with E-state index in [1.54, 1.807) is 0 Å². The van der Waals surface area contributed by atoms with Gasteiger partial charge < -0.3 is 4.90 Å². The summed E-state index contributed by atoms with van der Waals surface area (Å²) >= 11 is 3.39. The zero-order valence-corrected chi connectivity index (χ0v) is 10.2. The molecule has 2 nitrogen and oxygen atoms in total. The number of anilines is 1. The van der Waals surface area contributed by atoms with Crippen LogP contribution in [0.15, 0.2) is 16.6 Å². The minimum absolute atomic E-state index is 0.691. The number of nitrogens with zero attached hydrogens (tertiary/aromatic N) is 2. The van der Waals surface area contributed by atoms with Crippen LogP contribution in [0.5, 0.6) is 0 Å². The number of benzene rings is 1. The first-order valence-electron chi connectivity index (χ1n) is 4.51. The number of hydrogen-bond donors (Lipinski definition) is 0. The van der Waals surface area contributed by atoms with Crippen LogP contribution in [0, 0.1) is 18.3 Å². The Labute approximate surface area is 93.3 Å². The summed E-state index contributed by atoms with van der Waals surface area (Å²) in [4.78, 5) is 2.15. The molecule has 74 valence electrons. The first kappa shape index (κ1) is 11.1. The van der Waals surface area contributed by atoms with Crippen LogP contribution in [0.4, 0.5) is 5.69 Å². The zero-order chi connectivity index (χ0) is 10.7. The van der Waals surface area contributed by atoms with E-state index < -0.39 is 0 Å². The molecule has 14 heavy (non-hydrogen) atoms. The molecule has 0 unspecified atom stereocenters. The average Bonchev–Trinajstić information content (AvgIpc) is 2.19. The Morgan fingerprint density at radius 2 is 2.14 bits per heavy atom. The number of aryl methyl sites for hydroxylation is 1. The molecule has 0 aromatic heterocycles. The lowest BCUT2D eigenvalue weighted by Crippen LogP contribution is -2.16. The number of rotatable bonds is 2. The van der Waals surface area contributed by atoms with Gasteiger partial charge in [0.25, 0.3) is 0 Å². The molecule has 1 rings (SSSR count). The van der Waals surface area contributed by atoms with Gasteiger partial charge in [0, 0.05) is 23.8 Å². The third-order valence-corrected chi connectivity index (χ3v) is 2.95. The molecule has 0 aliphatic heterocycles. The summed E-state index contributed by atoms with van der Waals surface area (Å²) in [7, 11) is 2.04. The van der Waals surface area contributed by atoms with E-state index in [1.807, 2.05) is 26.1 Å². The van der Waals surface area contributed by atoms with Crippen molar-refractivity contribution in [1.29, 1.82) is 5.26 Å². The largest absolute Gasteiger partial charge is 0.375 e. The van der Waals surface area contributed by atoms with Crippen molar-refractivity contribution in [2.45, 2.75) is 13.8 Å². The molecule has 0 atom stereocenters. The van der Waals surface area contributed by atoms with Crippen LogP contribution >= 0.6 is 15.9 Å². The quantitative estimate of drug-likeness (QED) is 0.809. The van der Waals surface area contributed by atoms with Crippen molar-refractivity contribution in [3.63, 3.8) is 0 Å². The lowest BCUT2D eigenvalue weighted by molar-refractivity contribution is 0.960. The van der Waals surface area contributed by atoms with Crippen molar-refractivity contribution in [3.05, 3.63) is 27.7 Å². The molecule has 0 amide bonds. The first-order chi connectivity index (χ1) is 6.60. The van der Waals surface area contributed by atoms with Crippen LogP contribution in [0.1, 0.15) is 18.1 Å². The van der Waals surface area contributed by atoms with E-state index in [1.165, 1.54) is 5.69 Å². The van der Waals surface area contributed by atoms with Crippen molar-refractivity contribution in [1.82, 2.24) is 0 Å². The lowest BCUT2D eigenvalue weighted by Gasteiger charge is -2.19. The Bertz CT molecular complexity index is 380. The predicted molar refractivity (Wildman–Crippen MR) is 62.5 cm³/mol. The van der Waals surface area contributed by atoms with Crippen molar-refractivity contribution >= 4 is 21.6 Å². The molecule has 0 fully saturated rings. The van der Waals surface area contributed by atoms with Crippen LogP contribution in [0.25, 0.3) is 0 Å². The normalized spacial score (nSPS) is 9.64. The Morgan fingerprint density at radius 1 is 1.50 bits per heavy atom. The van der Waals surface area contributed by atoms with Gasteiger partial charge in [-0.3, -0.25) is 0 Å². The predicted octanol–water partition coefficient (Wildman–Crippen LogP) is 3.09. The van der Waals surface area contributed by atoms with E-state index in [0.29, 0.717) is 5.56 Å². The summed E-state index contributed by atoms with van der Waals surface area (Å²) in [5.74, 6) is 0. The van der Waals surface area contributed by atoms with Gasteiger partial charge in [-0.25, -0.2) is 0 Å². The molecule has 0 aliphatic rings. The molecule has 1 aromatic carbocycles. The maximum absolute atomic E-state index is 8.84. The van der Waals surface area contributed by atoms with E-state index in [-0.39, 0.29) is 0 Å². The molecule has 0 heterocycles. The summed E-state index contributed by atoms with van der Waals surface area (Å²) in [6.07, 6.45) is 0. The third kappa shape index (κ3) is 2.08. The maximum Gasteiger partial charge on any atom is 0.100 e. The Kier molecular flexibility index (Phi) is 3.54. The molecule has 0 saturated heterocycles. The topological polar surface area (TPSA) is 27.0 Å². The minimum atomic E-state index is 0.691. The van der Waals surface area contributed by atoms with Crippen molar-refractivity contribution in [3.8, 4) is 6.07 Å². The van der Waals surface area contributed by atoms with Gasteiger partial charge in [0.2, 0.25) is 0 Å². The van der Waals surface area contributed by atoms with Gasteiger partial charge in [0.15, 0.2) is 0 Å². The number of hydrogen-bond acceptors (Lipinski definition) is 2. The second-order valence-corrected chi connectivity index (χ2v) is 4.10. The Morgan fingerprint density at radius 3 is 2.64 bits per heavy atom. The highest BCUT2D eigenvalue weighted by molar-refractivity contribution is 9.10. The highest BCUT2D eigenvalue weighted by Gasteiger charge is 2.07. The molecule has 0 spiro atoms. The summed E-state index contributed by atoms with van der Waals surface area (Å²) in [5, 5.41) is 8.84. The number of nitriles is 1. The van der Waals surface area contributed by atoms with Crippen LogP contribution in [0.2, 0.25) is 0 Å². The molecule has 0 N–H and O–H groups in total. The molecule has 0 radical (unpaired) electrons. The molecule has 3 heteroatoms. The van der Waals surface area contributed by atoms with E-state index in [9.17, 15) is 0 Å². The summed E-state index contributed by atoms with van der Waals surface area (Å²) in [6, 6.07) is 6.06. The van der Waals surface area contributed by atoms with Crippen LogP contribution in [-0.2, 0) is 0 Å². The van der Waals surface area contributed by atoms with Crippen molar-refractivity contribution in [2.24, 2.45) is 0 Å². The van der Waals surface area contributed by atoms with Crippen LogP contribution in [0.3, 0.4) is 0 Å². The molecule has 0 saturated carbocycles. The summed E-state index contributed by atoms with van der Waals surface area (Å²) in [5.41, 5.74) is 2.99. The van der Waals surface area contributed by atoms with E-state index in [4.69, 9.17) is 5.26 Å². The van der Waals surface area contributed by atoms with Gasteiger partial charge >= 0.3 is 0 Å². The lowest BCUT2D eigenvalue weighted by atomic mass is 10.1. The maximum atomic E-state index is 8.84. The fourth-order valence-electron chi connectivity index (χ4n) is 1.34. The Balaban J connectivity index is 3.23. The molecule has 0 bridgehead atoms. The van der Waals surface area contributed by atoms with Gasteiger partial charge in [0.1, 0.15) is 6.07 Å². The minimum Gasteiger partial charge on any atom is -0.375 e. The highest BCUT2D eigenvalue weighted by atomic mass is 79.9. The fourth-order valence-corrected chi connectivity index (χ4v) is 1.76. The molecular formula is C11H13BrN2. The van der Waals surface area contributed by atoms with Crippen LogP contribution < -0.4 is 4.90 Å². The second kappa shape index (κ2) is 4.47. The standard InChI is InChI=1S/C11H13BrN2/c1-4-14(3)11-6-10(12)9(7-13)5-8(11)2/h5-6H,4H2,1-3H3. The van der Waals surface area contributed by atoms with Gasteiger partial charge in [-0.05, 0) is 47.5 Å². The molecular weight excluding hydrogens is 240 g/mol. The summed E-state index contributed by atoms with van der Waals surface area (Å²) in [6.45, 7) is 5.08. The first-order valence-corrected chi connectivity index (χ1v) is 5.30. The summed E-state index contributed by atoms with van der Waals surface area (Å²) < 4.78 is 0.862. The Hall–Kier alpha value is -1.01. The van der Waals surface area contributed by atoms with Gasteiger partial charge in [-0.1, -0.05) is 0 Å². The molecule has 0 aliphatic carbocycles.